The van der Waals surface area contributed by atoms with Gasteiger partial charge in [-0.15, -0.1) is 0 Å². The minimum absolute atomic E-state index is 0.416. The quantitative estimate of drug-likeness (QED) is 0.289. The molecule has 0 fully saturated rings. The lowest BCUT2D eigenvalue weighted by molar-refractivity contribution is 0.0733. The van der Waals surface area contributed by atoms with Crippen molar-refractivity contribution in [1.82, 2.24) is 0 Å². The molecule has 0 aliphatic rings. The number of hydrogen-bond acceptors (Lipinski definition) is 3. The summed E-state index contributed by atoms with van der Waals surface area (Å²) in [5, 5.41) is 0.563. The average Bonchev–Trinajstić information content (AvgIpc) is 2.51. The molecule has 0 aliphatic carbocycles. The van der Waals surface area contributed by atoms with Crippen molar-refractivity contribution in [1.29, 1.82) is 0 Å². The number of benzene rings is 2. The van der Waals surface area contributed by atoms with Gasteiger partial charge in [-0.3, -0.25) is 0 Å². The van der Waals surface area contributed by atoms with E-state index in [2.05, 4.69) is 38.8 Å². The van der Waals surface area contributed by atoms with Crippen LogP contribution < -0.4 is 9.47 Å². The highest BCUT2D eigenvalue weighted by Crippen LogP contribution is 2.30. The first-order valence-electron chi connectivity index (χ1n) is 7.11. The van der Waals surface area contributed by atoms with Gasteiger partial charge in [-0.25, -0.2) is 4.79 Å². The van der Waals surface area contributed by atoms with Gasteiger partial charge in [-0.1, -0.05) is 24.9 Å². The van der Waals surface area contributed by atoms with Crippen LogP contribution in [0.1, 0.15) is 30.1 Å². The molecule has 0 N–H and O–H groups in total. The molecule has 0 bridgehead atoms. The monoisotopic (exact) mass is 460 g/mol. The van der Waals surface area contributed by atoms with Crippen molar-refractivity contribution in [3.8, 4) is 11.5 Å². The fourth-order valence-corrected chi connectivity index (χ4v) is 3.04. The number of ether oxygens (including phenoxy) is 2. The predicted octanol–water partition coefficient (Wildman–Crippen LogP) is 6.26. The third kappa shape index (κ3) is 5.23. The molecule has 2 aromatic carbocycles. The van der Waals surface area contributed by atoms with Gasteiger partial charge in [0.05, 0.1) is 21.1 Å². The first-order chi connectivity index (χ1) is 11.0. The van der Waals surface area contributed by atoms with Crippen LogP contribution in [0.25, 0.3) is 0 Å². The summed E-state index contributed by atoms with van der Waals surface area (Å²) in [6.45, 7) is 2.75. The van der Waals surface area contributed by atoms with Crippen LogP contribution in [-0.4, -0.2) is 12.6 Å². The SMILES string of the molecule is CCCCOc1ccc(C(=O)Oc2ccc(Cl)cc2Br)cc1Br. The highest BCUT2D eigenvalue weighted by molar-refractivity contribution is 9.10. The van der Waals surface area contributed by atoms with E-state index in [0.29, 0.717) is 33.2 Å². The van der Waals surface area contributed by atoms with Crippen molar-refractivity contribution in [2.45, 2.75) is 19.8 Å². The van der Waals surface area contributed by atoms with Crippen molar-refractivity contribution in [3.05, 3.63) is 55.9 Å². The van der Waals surface area contributed by atoms with Crippen molar-refractivity contribution in [3.63, 3.8) is 0 Å². The molecule has 0 aliphatic heterocycles. The van der Waals surface area contributed by atoms with Crippen molar-refractivity contribution in [2.75, 3.05) is 6.61 Å². The lowest BCUT2D eigenvalue weighted by Crippen LogP contribution is -2.09. The minimum Gasteiger partial charge on any atom is -0.492 e. The molecule has 2 rings (SSSR count). The van der Waals surface area contributed by atoms with Crippen LogP contribution in [0.2, 0.25) is 5.02 Å². The lowest BCUT2D eigenvalue weighted by atomic mass is 10.2. The average molecular weight is 463 g/mol. The van der Waals surface area contributed by atoms with Crippen LogP contribution in [0.3, 0.4) is 0 Å². The number of carbonyl (C=O) groups excluding carboxylic acids is 1. The van der Waals surface area contributed by atoms with E-state index >= 15 is 0 Å². The third-order valence-corrected chi connectivity index (χ3v) is 4.49. The van der Waals surface area contributed by atoms with E-state index in [1.807, 2.05) is 0 Å². The first-order valence-corrected chi connectivity index (χ1v) is 9.07. The van der Waals surface area contributed by atoms with Crippen LogP contribution in [0.4, 0.5) is 0 Å². The Balaban J connectivity index is 2.09. The molecular formula is C17H15Br2ClO3. The smallest absolute Gasteiger partial charge is 0.343 e. The molecule has 0 spiro atoms. The van der Waals surface area contributed by atoms with Gasteiger partial charge in [0.25, 0.3) is 0 Å². The summed E-state index contributed by atoms with van der Waals surface area (Å²) in [5.41, 5.74) is 0.432. The first kappa shape index (κ1) is 18.3. The standard InChI is InChI=1S/C17H15Br2ClO3/c1-2-3-8-22-15-6-4-11(9-13(15)18)17(21)23-16-7-5-12(20)10-14(16)19/h4-7,9-10H,2-3,8H2,1H3. The Morgan fingerprint density at radius 2 is 1.78 bits per heavy atom. The molecule has 122 valence electrons. The largest absolute Gasteiger partial charge is 0.492 e. The number of carbonyl (C=O) groups is 1. The summed E-state index contributed by atoms with van der Waals surface area (Å²) in [5.74, 6) is 0.676. The molecule has 0 saturated carbocycles. The van der Waals surface area contributed by atoms with E-state index in [1.165, 1.54) is 0 Å². The van der Waals surface area contributed by atoms with Gasteiger partial charge in [-0.2, -0.15) is 0 Å². The Kier molecular flexibility index (Phi) is 6.93. The molecular weight excluding hydrogens is 447 g/mol. The van der Waals surface area contributed by atoms with Gasteiger partial charge in [-0.05, 0) is 74.7 Å². The van der Waals surface area contributed by atoms with Gasteiger partial charge in [0.2, 0.25) is 0 Å². The number of rotatable bonds is 6. The van der Waals surface area contributed by atoms with Crippen molar-refractivity contribution >= 4 is 49.4 Å². The zero-order valence-corrected chi connectivity index (χ0v) is 16.4. The van der Waals surface area contributed by atoms with E-state index in [4.69, 9.17) is 21.1 Å². The van der Waals surface area contributed by atoms with Gasteiger partial charge in [0.15, 0.2) is 0 Å². The number of unbranched alkanes of at least 4 members (excludes halogenated alkanes) is 1. The summed E-state index contributed by atoms with van der Waals surface area (Å²) in [4.78, 5) is 12.2. The van der Waals surface area contributed by atoms with Crippen LogP contribution in [0.5, 0.6) is 11.5 Å². The molecule has 0 aromatic heterocycles. The van der Waals surface area contributed by atoms with E-state index in [1.54, 1.807) is 36.4 Å². The number of esters is 1. The number of hydrogen-bond donors (Lipinski definition) is 0. The maximum Gasteiger partial charge on any atom is 0.343 e. The summed E-state index contributed by atoms with van der Waals surface area (Å²) in [6, 6.07) is 10.1. The molecule has 23 heavy (non-hydrogen) atoms. The van der Waals surface area contributed by atoms with Crippen molar-refractivity contribution < 1.29 is 14.3 Å². The molecule has 2 aromatic rings. The fraction of sp³-hybridized carbons (Fsp3) is 0.235. The van der Waals surface area contributed by atoms with Crippen LogP contribution >= 0.6 is 43.5 Å². The fourth-order valence-electron chi connectivity index (χ4n) is 1.79. The molecule has 0 atom stereocenters. The number of halogens is 3. The molecule has 0 heterocycles. The Bertz CT molecular complexity index is 704. The zero-order valence-electron chi connectivity index (χ0n) is 12.4. The Labute approximate surface area is 157 Å². The van der Waals surface area contributed by atoms with E-state index in [9.17, 15) is 4.79 Å². The topological polar surface area (TPSA) is 35.5 Å². The molecule has 6 heteroatoms. The van der Waals surface area contributed by atoms with Crippen molar-refractivity contribution in [2.24, 2.45) is 0 Å². The maximum absolute atomic E-state index is 12.2. The van der Waals surface area contributed by atoms with E-state index < -0.39 is 5.97 Å². The van der Waals surface area contributed by atoms with E-state index in [0.717, 1.165) is 17.3 Å². The summed E-state index contributed by atoms with van der Waals surface area (Å²) in [6.07, 6.45) is 2.05. The van der Waals surface area contributed by atoms with Gasteiger partial charge in [0, 0.05) is 5.02 Å². The molecule has 0 radical (unpaired) electrons. The predicted molar refractivity (Wildman–Crippen MR) is 98.7 cm³/mol. The Hall–Kier alpha value is -1.04. The minimum atomic E-state index is -0.450. The second kappa shape index (κ2) is 8.71. The Morgan fingerprint density at radius 1 is 1.09 bits per heavy atom. The second-order valence-electron chi connectivity index (χ2n) is 4.81. The maximum atomic E-state index is 12.2. The summed E-state index contributed by atoms with van der Waals surface area (Å²) in [7, 11) is 0. The van der Waals surface area contributed by atoms with Gasteiger partial charge < -0.3 is 9.47 Å². The zero-order chi connectivity index (χ0) is 16.8. The van der Waals surface area contributed by atoms with Crippen LogP contribution in [0.15, 0.2) is 45.3 Å². The van der Waals surface area contributed by atoms with Crippen LogP contribution in [-0.2, 0) is 0 Å². The van der Waals surface area contributed by atoms with Crippen LogP contribution in [0, 0.1) is 0 Å². The van der Waals surface area contributed by atoms with E-state index in [-0.39, 0.29) is 0 Å². The molecule has 0 saturated heterocycles. The molecule has 3 nitrogen and oxygen atoms in total. The van der Waals surface area contributed by atoms with Gasteiger partial charge in [0.1, 0.15) is 11.5 Å². The Morgan fingerprint density at radius 3 is 2.43 bits per heavy atom. The summed E-state index contributed by atoms with van der Waals surface area (Å²) >= 11 is 12.6. The van der Waals surface area contributed by atoms with Gasteiger partial charge >= 0.3 is 5.97 Å². The lowest BCUT2D eigenvalue weighted by Gasteiger charge is -2.10. The molecule has 0 amide bonds. The third-order valence-electron chi connectivity index (χ3n) is 3.02. The molecule has 0 unspecified atom stereocenters. The summed E-state index contributed by atoms with van der Waals surface area (Å²) < 4.78 is 12.4. The second-order valence-corrected chi connectivity index (χ2v) is 6.96. The highest BCUT2D eigenvalue weighted by Gasteiger charge is 2.13. The normalized spacial score (nSPS) is 10.4. The highest BCUT2D eigenvalue weighted by atomic mass is 79.9.